The first-order chi connectivity index (χ1) is 9.19. The van der Waals surface area contributed by atoms with Crippen molar-refractivity contribution in [3.05, 3.63) is 51.9 Å². The molecule has 0 spiro atoms. The lowest BCUT2D eigenvalue weighted by molar-refractivity contribution is 0.263. The van der Waals surface area contributed by atoms with Crippen LogP contribution >= 0.6 is 15.9 Å². The highest BCUT2D eigenvalue weighted by Crippen LogP contribution is 2.24. The van der Waals surface area contributed by atoms with Crippen molar-refractivity contribution >= 4 is 15.9 Å². The lowest BCUT2D eigenvalue weighted by atomic mass is 10.2. The highest BCUT2D eigenvalue weighted by molar-refractivity contribution is 9.10. The molecule has 102 valence electrons. The average molecular weight is 324 g/mol. The second kappa shape index (κ2) is 6.78. The van der Waals surface area contributed by atoms with Crippen LogP contribution in [0.15, 0.2) is 39.2 Å². The number of furan rings is 1. The van der Waals surface area contributed by atoms with Gasteiger partial charge in [-0.15, -0.1) is 0 Å². The third kappa shape index (κ3) is 4.11. The van der Waals surface area contributed by atoms with Crippen LogP contribution in [0.2, 0.25) is 0 Å². The largest absolute Gasteiger partial charge is 0.485 e. The summed E-state index contributed by atoms with van der Waals surface area (Å²) in [6, 6.07) is 9.94. The molecule has 0 unspecified atom stereocenters. The van der Waals surface area contributed by atoms with Crippen LogP contribution in [0.4, 0.5) is 0 Å². The second-order valence-electron chi connectivity index (χ2n) is 4.35. The molecule has 3 nitrogen and oxygen atoms in total. The van der Waals surface area contributed by atoms with Gasteiger partial charge in [-0.25, -0.2) is 0 Å². The number of hydrogen-bond donors (Lipinski definition) is 1. The Morgan fingerprint density at radius 2 is 2.00 bits per heavy atom. The fourth-order valence-electron chi connectivity index (χ4n) is 1.72. The Morgan fingerprint density at radius 1 is 1.21 bits per heavy atom. The average Bonchev–Trinajstić information content (AvgIpc) is 2.85. The topological polar surface area (TPSA) is 34.4 Å². The summed E-state index contributed by atoms with van der Waals surface area (Å²) in [4.78, 5) is 0. The molecular formula is C15H18BrNO2. The lowest BCUT2D eigenvalue weighted by Gasteiger charge is -2.08. The summed E-state index contributed by atoms with van der Waals surface area (Å²) in [6.07, 6.45) is 0. The molecule has 0 bridgehead atoms. The van der Waals surface area contributed by atoms with Crippen molar-refractivity contribution in [1.82, 2.24) is 5.32 Å². The van der Waals surface area contributed by atoms with Crippen LogP contribution in [0.5, 0.6) is 5.75 Å². The monoisotopic (exact) mass is 323 g/mol. The Morgan fingerprint density at radius 3 is 2.79 bits per heavy atom. The van der Waals surface area contributed by atoms with Gasteiger partial charge in [0.25, 0.3) is 0 Å². The number of hydrogen-bond acceptors (Lipinski definition) is 3. The normalized spacial score (nSPS) is 10.7. The Labute approximate surface area is 122 Å². The molecule has 0 fully saturated rings. The van der Waals surface area contributed by atoms with E-state index in [0.29, 0.717) is 6.61 Å². The van der Waals surface area contributed by atoms with E-state index in [-0.39, 0.29) is 0 Å². The molecule has 0 atom stereocenters. The fraction of sp³-hybridized carbons (Fsp3) is 0.333. The van der Waals surface area contributed by atoms with Crippen LogP contribution in [0.1, 0.15) is 24.0 Å². The van der Waals surface area contributed by atoms with Gasteiger partial charge in [-0.3, -0.25) is 0 Å². The zero-order chi connectivity index (χ0) is 13.7. The Bertz CT molecular complexity index is 537. The van der Waals surface area contributed by atoms with Gasteiger partial charge in [0.2, 0.25) is 0 Å². The zero-order valence-corrected chi connectivity index (χ0v) is 12.8. The predicted octanol–water partition coefficient (Wildman–Crippen LogP) is 4.04. The molecule has 0 aliphatic rings. The maximum Gasteiger partial charge on any atom is 0.146 e. The molecule has 1 aromatic heterocycles. The van der Waals surface area contributed by atoms with Gasteiger partial charge in [0.05, 0.1) is 6.54 Å². The third-order valence-electron chi connectivity index (χ3n) is 2.79. The van der Waals surface area contributed by atoms with E-state index in [2.05, 4.69) is 28.2 Å². The second-order valence-corrected chi connectivity index (χ2v) is 5.26. The SMILES string of the molecule is CCNCc1ccc(COc2cc(Br)ccc2C)o1. The molecule has 1 heterocycles. The first kappa shape index (κ1) is 14.2. The highest BCUT2D eigenvalue weighted by Gasteiger charge is 2.05. The first-order valence-corrected chi connectivity index (χ1v) is 7.15. The van der Waals surface area contributed by atoms with Crippen LogP contribution in [0.25, 0.3) is 0 Å². The van der Waals surface area contributed by atoms with Crippen molar-refractivity contribution in [3.8, 4) is 5.75 Å². The zero-order valence-electron chi connectivity index (χ0n) is 11.2. The van der Waals surface area contributed by atoms with Gasteiger partial charge >= 0.3 is 0 Å². The standard InChI is InChI=1S/C15H18BrNO2/c1-3-17-9-13-6-7-14(19-13)10-18-15-8-12(16)5-4-11(15)2/h4-8,17H,3,9-10H2,1-2H3. The van der Waals surface area contributed by atoms with Crippen LogP contribution in [-0.2, 0) is 13.2 Å². The van der Waals surface area contributed by atoms with Gasteiger partial charge in [-0.05, 0) is 43.3 Å². The molecule has 2 aromatic rings. The first-order valence-electron chi connectivity index (χ1n) is 6.36. The summed E-state index contributed by atoms with van der Waals surface area (Å²) in [7, 11) is 0. The molecule has 0 aliphatic heterocycles. The Kier molecular flexibility index (Phi) is 5.05. The molecule has 19 heavy (non-hydrogen) atoms. The van der Waals surface area contributed by atoms with Gasteiger partial charge in [0.1, 0.15) is 23.9 Å². The number of nitrogens with one attached hydrogen (secondary N) is 1. The molecule has 0 radical (unpaired) electrons. The van der Waals surface area contributed by atoms with E-state index in [4.69, 9.17) is 9.15 Å². The van der Waals surface area contributed by atoms with Crippen molar-refractivity contribution in [1.29, 1.82) is 0 Å². The number of aryl methyl sites for hydroxylation is 1. The van der Waals surface area contributed by atoms with E-state index in [9.17, 15) is 0 Å². The summed E-state index contributed by atoms with van der Waals surface area (Å²) in [6.45, 7) is 6.24. The number of halogens is 1. The predicted molar refractivity (Wildman–Crippen MR) is 79.3 cm³/mol. The van der Waals surface area contributed by atoms with E-state index in [1.807, 2.05) is 37.3 Å². The molecule has 0 saturated heterocycles. The maximum atomic E-state index is 5.78. The molecule has 0 amide bonds. The van der Waals surface area contributed by atoms with E-state index in [1.54, 1.807) is 0 Å². The molecule has 4 heteroatoms. The lowest BCUT2D eigenvalue weighted by Crippen LogP contribution is -2.10. The summed E-state index contributed by atoms with van der Waals surface area (Å²) >= 11 is 3.44. The van der Waals surface area contributed by atoms with Crippen molar-refractivity contribution in [3.63, 3.8) is 0 Å². The van der Waals surface area contributed by atoms with Crippen LogP contribution in [0, 0.1) is 6.92 Å². The molecule has 1 N–H and O–H groups in total. The minimum Gasteiger partial charge on any atom is -0.485 e. The van der Waals surface area contributed by atoms with E-state index in [1.165, 1.54) is 0 Å². The van der Waals surface area contributed by atoms with Crippen molar-refractivity contribution < 1.29 is 9.15 Å². The van der Waals surface area contributed by atoms with Crippen LogP contribution in [0.3, 0.4) is 0 Å². The number of benzene rings is 1. The van der Waals surface area contributed by atoms with Gasteiger partial charge in [0, 0.05) is 4.47 Å². The summed E-state index contributed by atoms with van der Waals surface area (Å²) in [5.41, 5.74) is 1.11. The molecule has 0 aliphatic carbocycles. The van der Waals surface area contributed by atoms with Gasteiger partial charge in [-0.2, -0.15) is 0 Å². The smallest absolute Gasteiger partial charge is 0.146 e. The number of ether oxygens (including phenoxy) is 1. The van der Waals surface area contributed by atoms with E-state index >= 15 is 0 Å². The van der Waals surface area contributed by atoms with Gasteiger partial charge in [0.15, 0.2) is 0 Å². The molecular weight excluding hydrogens is 306 g/mol. The highest BCUT2D eigenvalue weighted by atomic mass is 79.9. The summed E-state index contributed by atoms with van der Waals surface area (Å²) < 4.78 is 12.5. The van der Waals surface area contributed by atoms with Crippen molar-refractivity contribution in [2.24, 2.45) is 0 Å². The van der Waals surface area contributed by atoms with Crippen molar-refractivity contribution in [2.75, 3.05) is 6.54 Å². The van der Waals surface area contributed by atoms with Gasteiger partial charge in [-0.1, -0.05) is 28.9 Å². The molecule has 0 saturated carbocycles. The third-order valence-corrected chi connectivity index (χ3v) is 3.28. The van der Waals surface area contributed by atoms with Crippen LogP contribution < -0.4 is 10.1 Å². The molecule has 1 aromatic carbocycles. The Balaban J connectivity index is 1.94. The van der Waals surface area contributed by atoms with E-state index in [0.717, 1.165) is 40.4 Å². The fourth-order valence-corrected chi connectivity index (χ4v) is 2.06. The summed E-state index contributed by atoms with van der Waals surface area (Å²) in [5.74, 6) is 2.65. The minimum atomic E-state index is 0.448. The minimum absolute atomic E-state index is 0.448. The Hall–Kier alpha value is -1.26. The maximum absolute atomic E-state index is 5.78. The quantitative estimate of drug-likeness (QED) is 0.871. The van der Waals surface area contributed by atoms with Crippen LogP contribution in [-0.4, -0.2) is 6.54 Å². The number of rotatable bonds is 6. The molecule has 2 rings (SSSR count). The van der Waals surface area contributed by atoms with Crippen molar-refractivity contribution in [2.45, 2.75) is 27.0 Å². The van der Waals surface area contributed by atoms with E-state index < -0.39 is 0 Å². The summed E-state index contributed by atoms with van der Waals surface area (Å²) in [5, 5.41) is 3.23. The van der Waals surface area contributed by atoms with Gasteiger partial charge < -0.3 is 14.5 Å².